The molecule has 0 spiro atoms. The fourth-order valence-electron chi connectivity index (χ4n) is 2.01. The first-order chi connectivity index (χ1) is 8.06. The minimum atomic E-state index is -0.0282. The fourth-order valence-corrected chi connectivity index (χ4v) is 2.24. The van der Waals surface area contributed by atoms with Gasteiger partial charge < -0.3 is 9.64 Å². The van der Waals surface area contributed by atoms with E-state index in [2.05, 4.69) is 20.9 Å². The number of carbonyl (C=O) groups is 1. The van der Waals surface area contributed by atoms with Gasteiger partial charge in [-0.2, -0.15) is 0 Å². The largest absolute Gasteiger partial charge is 0.372 e. The summed E-state index contributed by atoms with van der Waals surface area (Å²) in [4.78, 5) is 18.1. The molecule has 1 aliphatic heterocycles. The number of nitrogens with zero attached hydrogens (tertiary/aromatic N) is 2. The van der Waals surface area contributed by atoms with Crippen LogP contribution >= 0.6 is 15.9 Å². The van der Waals surface area contributed by atoms with Crippen molar-refractivity contribution in [3.8, 4) is 0 Å². The van der Waals surface area contributed by atoms with Crippen molar-refractivity contribution in [3.63, 3.8) is 0 Å². The zero-order valence-electron chi connectivity index (χ0n) is 9.89. The summed E-state index contributed by atoms with van der Waals surface area (Å²) < 4.78 is 6.47. The fraction of sp³-hybridized carbons (Fsp3) is 0.500. The van der Waals surface area contributed by atoms with E-state index in [9.17, 15) is 4.79 Å². The van der Waals surface area contributed by atoms with Crippen molar-refractivity contribution in [2.24, 2.45) is 0 Å². The summed E-state index contributed by atoms with van der Waals surface area (Å²) in [6.07, 6.45) is 1.80. The molecule has 1 amide bonds. The van der Waals surface area contributed by atoms with E-state index in [1.807, 2.05) is 19.9 Å². The number of ether oxygens (including phenoxy) is 1. The van der Waals surface area contributed by atoms with Gasteiger partial charge in [-0.05, 0) is 41.9 Å². The number of carbonyl (C=O) groups excluding carboxylic acids is 1. The number of hydrogen-bond donors (Lipinski definition) is 0. The number of halogens is 1. The van der Waals surface area contributed by atoms with Gasteiger partial charge in [0.1, 0.15) is 5.69 Å². The molecular formula is C12H15BrN2O2. The topological polar surface area (TPSA) is 42.4 Å². The highest BCUT2D eigenvalue weighted by atomic mass is 79.9. The zero-order valence-corrected chi connectivity index (χ0v) is 11.5. The van der Waals surface area contributed by atoms with Crippen LogP contribution in [-0.4, -0.2) is 41.1 Å². The molecule has 17 heavy (non-hydrogen) atoms. The average molecular weight is 299 g/mol. The van der Waals surface area contributed by atoms with Gasteiger partial charge in [-0.3, -0.25) is 4.79 Å². The Bertz CT molecular complexity index is 397. The van der Waals surface area contributed by atoms with E-state index in [-0.39, 0.29) is 18.1 Å². The van der Waals surface area contributed by atoms with Gasteiger partial charge in [0, 0.05) is 23.8 Å². The standard InChI is InChI=1S/C12H15BrN2O2/c1-8-6-15(7-9(2)17-8)12(16)11-4-3-10(13)5-14-11/h3-5,8-9H,6-7H2,1-2H3. The smallest absolute Gasteiger partial charge is 0.272 e. The molecule has 5 heteroatoms. The number of morpholine rings is 1. The molecule has 0 radical (unpaired) electrons. The second-order valence-corrected chi connectivity index (χ2v) is 5.24. The second-order valence-electron chi connectivity index (χ2n) is 4.33. The van der Waals surface area contributed by atoms with E-state index in [0.29, 0.717) is 18.8 Å². The van der Waals surface area contributed by atoms with Crippen LogP contribution in [0.3, 0.4) is 0 Å². The molecule has 0 N–H and O–H groups in total. The summed E-state index contributed by atoms with van der Waals surface area (Å²) in [6, 6.07) is 3.56. The second kappa shape index (κ2) is 5.14. The molecular weight excluding hydrogens is 284 g/mol. The maximum atomic E-state index is 12.2. The molecule has 1 aromatic heterocycles. The molecule has 0 saturated carbocycles. The summed E-state index contributed by atoms with van der Waals surface area (Å²) in [6.45, 7) is 5.21. The Labute approximate surface area is 109 Å². The van der Waals surface area contributed by atoms with E-state index in [1.165, 1.54) is 0 Å². The SMILES string of the molecule is CC1CN(C(=O)c2ccc(Br)cn2)CC(C)O1. The van der Waals surface area contributed by atoms with Crippen molar-refractivity contribution >= 4 is 21.8 Å². The predicted molar refractivity (Wildman–Crippen MR) is 67.8 cm³/mol. The minimum Gasteiger partial charge on any atom is -0.372 e. The summed E-state index contributed by atoms with van der Waals surface area (Å²) >= 11 is 3.30. The van der Waals surface area contributed by atoms with Gasteiger partial charge in [0.25, 0.3) is 5.91 Å². The van der Waals surface area contributed by atoms with E-state index < -0.39 is 0 Å². The van der Waals surface area contributed by atoms with Crippen LogP contribution in [0.1, 0.15) is 24.3 Å². The van der Waals surface area contributed by atoms with Crippen LogP contribution in [0, 0.1) is 0 Å². The van der Waals surface area contributed by atoms with E-state index in [1.54, 1.807) is 17.2 Å². The van der Waals surface area contributed by atoms with Gasteiger partial charge in [0.15, 0.2) is 0 Å². The zero-order chi connectivity index (χ0) is 12.4. The van der Waals surface area contributed by atoms with Gasteiger partial charge in [0.2, 0.25) is 0 Å². The maximum absolute atomic E-state index is 12.2. The van der Waals surface area contributed by atoms with E-state index >= 15 is 0 Å². The van der Waals surface area contributed by atoms with Crippen molar-refractivity contribution in [1.82, 2.24) is 9.88 Å². The van der Waals surface area contributed by atoms with Crippen molar-refractivity contribution in [2.75, 3.05) is 13.1 Å². The molecule has 2 atom stereocenters. The highest BCUT2D eigenvalue weighted by Crippen LogP contribution is 2.14. The Kier molecular flexibility index (Phi) is 3.79. The van der Waals surface area contributed by atoms with Gasteiger partial charge >= 0.3 is 0 Å². The Morgan fingerprint density at radius 3 is 2.59 bits per heavy atom. The van der Waals surface area contributed by atoms with Crippen LogP contribution in [-0.2, 0) is 4.74 Å². The van der Waals surface area contributed by atoms with Crippen LogP contribution in [0.4, 0.5) is 0 Å². The third-order valence-corrected chi connectivity index (χ3v) is 3.12. The van der Waals surface area contributed by atoms with Crippen molar-refractivity contribution in [3.05, 3.63) is 28.5 Å². The molecule has 2 unspecified atom stereocenters. The van der Waals surface area contributed by atoms with Crippen LogP contribution < -0.4 is 0 Å². The molecule has 2 rings (SSSR count). The molecule has 0 aliphatic carbocycles. The molecule has 0 aromatic carbocycles. The first-order valence-corrected chi connectivity index (χ1v) is 6.42. The monoisotopic (exact) mass is 298 g/mol. The third kappa shape index (κ3) is 3.04. The number of aromatic nitrogens is 1. The molecule has 1 fully saturated rings. The first kappa shape index (κ1) is 12.5. The third-order valence-electron chi connectivity index (χ3n) is 2.65. The molecule has 4 nitrogen and oxygen atoms in total. The molecule has 1 saturated heterocycles. The van der Waals surface area contributed by atoms with Gasteiger partial charge in [-0.25, -0.2) is 4.98 Å². The maximum Gasteiger partial charge on any atom is 0.272 e. The van der Waals surface area contributed by atoms with Crippen molar-refractivity contribution in [2.45, 2.75) is 26.1 Å². The Balaban J connectivity index is 2.11. The normalized spacial score (nSPS) is 24.8. The van der Waals surface area contributed by atoms with Crippen LogP contribution in [0.5, 0.6) is 0 Å². The highest BCUT2D eigenvalue weighted by Gasteiger charge is 2.26. The average Bonchev–Trinajstić information content (AvgIpc) is 2.28. The molecule has 1 aromatic rings. The number of pyridine rings is 1. The molecule has 0 bridgehead atoms. The van der Waals surface area contributed by atoms with Crippen molar-refractivity contribution < 1.29 is 9.53 Å². The predicted octanol–water partition coefficient (Wildman–Crippen LogP) is 2.09. The first-order valence-electron chi connectivity index (χ1n) is 5.62. The van der Waals surface area contributed by atoms with Crippen LogP contribution in [0.2, 0.25) is 0 Å². The van der Waals surface area contributed by atoms with Crippen LogP contribution in [0.25, 0.3) is 0 Å². The number of amides is 1. The Morgan fingerprint density at radius 1 is 1.41 bits per heavy atom. The van der Waals surface area contributed by atoms with Gasteiger partial charge in [0.05, 0.1) is 12.2 Å². The number of hydrogen-bond acceptors (Lipinski definition) is 3. The lowest BCUT2D eigenvalue weighted by molar-refractivity contribution is -0.0587. The van der Waals surface area contributed by atoms with Crippen LogP contribution in [0.15, 0.2) is 22.8 Å². The highest BCUT2D eigenvalue weighted by molar-refractivity contribution is 9.10. The summed E-state index contributed by atoms with van der Waals surface area (Å²) in [5, 5.41) is 0. The molecule has 1 aliphatic rings. The summed E-state index contributed by atoms with van der Waals surface area (Å²) in [7, 11) is 0. The lowest BCUT2D eigenvalue weighted by Crippen LogP contribution is -2.48. The quantitative estimate of drug-likeness (QED) is 0.797. The lowest BCUT2D eigenvalue weighted by atomic mass is 10.2. The molecule has 2 heterocycles. The van der Waals surface area contributed by atoms with Gasteiger partial charge in [-0.15, -0.1) is 0 Å². The van der Waals surface area contributed by atoms with Gasteiger partial charge in [-0.1, -0.05) is 0 Å². The minimum absolute atomic E-state index is 0.0282. The Morgan fingerprint density at radius 2 is 2.06 bits per heavy atom. The van der Waals surface area contributed by atoms with E-state index in [0.717, 1.165) is 4.47 Å². The summed E-state index contributed by atoms with van der Waals surface area (Å²) in [5.41, 5.74) is 0.481. The Hall–Kier alpha value is -0.940. The molecule has 92 valence electrons. The summed E-state index contributed by atoms with van der Waals surface area (Å²) in [5.74, 6) is -0.0282. The van der Waals surface area contributed by atoms with Crippen molar-refractivity contribution in [1.29, 1.82) is 0 Å². The number of rotatable bonds is 1. The van der Waals surface area contributed by atoms with E-state index in [4.69, 9.17) is 4.74 Å². The lowest BCUT2D eigenvalue weighted by Gasteiger charge is -2.35.